The first-order valence-electron chi connectivity index (χ1n) is 6.74. The molecule has 0 saturated carbocycles. The first-order valence-corrected chi connectivity index (χ1v) is 6.74. The van der Waals surface area contributed by atoms with Crippen molar-refractivity contribution in [1.29, 1.82) is 0 Å². The van der Waals surface area contributed by atoms with Gasteiger partial charge in [-0.15, -0.1) is 0 Å². The number of para-hydroxylation sites is 1. The van der Waals surface area contributed by atoms with Crippen molar-refractivity contribution in [3.05, 3.63) is 23.8 Å². The monoisotopic (exact) mass is 297 g/mol. The van der Waals surface area contributed by atoms with E-state index >= 15 is 0 Å². The molecule has 0 saturated heterocycles. The summed E-state index contributed by atoms with van der Waals surface area (Å²) in [4.78, 5) is 11.5. The van der Waals surface area contributed by atoms with Crippen LogP contribution >= 0.6 is 0 Å². The van der Waals surface area contributed by atoms with Gasteiger partial charge in [0.2, 0.25) is 0 Å². The highest BCUT2D eigenvalue weighted by Gasteiger charge is 2.19. The van der Waals surface area contributed by atoms with E-state index in [1.54, 1.807) is 27.2 Å². The Morgan fingerprint density at radius 2 is 2.05 bits per heavy atom. The Balaban J connectivity index is 2.84. The number of methoxy groups -OCH3 is 3. The van der Waals surface area contributed by atoms with Gasteiger partial charge in [-0.1, -0.05) is 12.1 Å². The first kappa shape index (κ1) is 17.3. The van der Waals surface area contributed by atoms with E-state index in [-0.39, 0.29) is 0 Å². The summed E-state index contributed by atoms with van der Waals surface area (Å²) in [5.41, 5.74) is 0.904. The van der Waals surface area contributed by atoms with Crippen LogP contribution in [0.3, 0.4) is 0 Å². The topological polar surface area (TPSA) is 66.0 Å². The van der Waals surface area contributed by atoms with Crippen LogP contribution in [0.4, 0.5) is 0 Å². The molecule has 1 unspecified atom stereocenters. The van der Waals surface area contributed by atoms with Crippen molar-refractivity contribution in [3.8, 4) is 11.5 Å². The Morgan fingerprint density at radius 1 is 1.29 bits per heavy atom. The largest absolute Gasteiger partial charge is 0.493 e. The lowest BCUT2D eigenvalue weighted by molar-refractivity contribution is -0.147. The molecule has 6 heteroatoms. The van der Waals surface area contributed by atoms with Gasteiger partial charge in [-0.3, -0.25) is 0 Å². The molecule has 1 atom stereocenters. The quantitative estimate of drug-likeness (QED) is 0.548. The van der Waals surface area contributed by atoms with Gasteiger partial charge in [0.25, 0.3) is 0 Å². The number of carbonyl (C=O) groups excluding carboxylic acids is 1. The highest BCUT2D eigenvalue weighted by atomic mass is 16.6. The van der Waals surface area contributed by atoms with Crippen LogP contribution in [-0.4, -0.2) is 46.6 Å². The SMILES string of the molecule is COCCNCc1cccc(OC)c1OC(C)C(=O)OC. The molecule has 1 aromatic carbocycles. The zero-order chi connectivity index (χ0) is 15.7. The molecule has 1 rings (SSSR count). The van der Waals surface area contributed by atoms with E-state index in [1.807, 2.05) is 12.1 Å². The second-order valence-electron chi connectivity index (χ2n) is 4.40. The Bertz CT molecular complexity index is 450. The molecular formula is C15H23NO5. The minimum Gasteiger partial charge on any atom is -0.493 e. The molecule has 0 amide bonds. The number of nitrogens with one attached hydrogen (secondary N) is 1. The van der Waals surface area contributed by atoms with E-state index in [0.29, 0.717) is 24.7 Å². The third-order valence-electron chi connectivity index (χ3n) is 2.91. The van der Waals surface area contributed by atoms with Crippen LogP contribution in [0, 0.1) is 0 Å². The zero-order valence-electron chi connectivity index (χ0n) is 13.0. The van der Waals surface area contributed by atoms with Crippen LogP contribution in [0.1, 0.15) is 12.5 Å². The molecule has 0 fully saturated rings. The number of ether oxygens (including phenoxy) is 4. The highest BCUT2D eigenvalue weighted by Crippen LogP contribution is 2.32. The van der Waals surface area contributed by atoms with Crippen LogP contribution in [0.2, 0.25) is 0 Å². The summed E-state index contributed by atoms with van der Waals surface area (Å²) in [7, 11) is 4.55. The molecule has 0 aromatic heterocycles. The maximum atomic E-state index is 11.5. The molecule has 0 aliphatic carbocycles. The maximum absolute atomic E-state index is 11.5. The summed E-state index contributed by atoms with van der Waals surface area (Å²) in [6, 6.07) is 5.58. The predicted molar refractivity (Wildman–Crippen MR) is 78.7 cm³/mol. The average Bonchev–Trinajstić information content (AvgIpc) is 2.51. The van der Waals surface area contributed by atoms with Gasteiger partial charge in [-0.25, -0.2) is 4.79 Å². The molecule has 0 heterocycles. The van der Waals surface area contributed by atoms with E-state index in [9.17, 15) is 4.79 Å². The van der Waals surface area contributed by atoms with Crippen LogP contribution in [0.25, 0.3) is 0 Å². The average molecular weight is 297 g/mol. The van der Waals surface area contributed by atoms with Crippen molar-refractivity contribution in [2.24, 2.45) is 0 Å². The summed E-state index contributed by atoms with van der Waals surface area (Å²) in [6.45, 7) is 3.57. The maximum Gasteiger partial charge on any atom is 0.346 e. The third-order valence-corrected chi connectivity index (χ3v) is 2.91. The molecule has 118 valence electrons. The molecule has 0 radical (unpaired) electrons. The van der Waals surface area contributed by atoms with Crippen molar-refractivity contribution in [3.63, 3.8) is 0 Å². The fourth-order valence-electron chi connectivity index (χ4n) is 1.78. The number of benzene rings is 1. The second kappa shape index (κ2) is 9.20. The zero-order valence-corrected chi connectivity index (χ0v) is 13.0. The summed E-state index contributed by atoms with van der Waals surface area (Å²) in [6.07, 6.45) is -0.705. The molecular weight excluding hydrogens is 274 g/mol. The Hall–Kier alpha value is -1.79. The number of hydrogen-bond acceptors (Lipinski definition) is 6. The van der Waals surface area contributed by atoms with E-state index in [0.717, 1.165) is 12.1 Å². The Kier molecular flexibility index (Phi) is 7.56. The molecule has 21 heavy (non-hydrogen) atoms. The first-order chi connectivity index (χ1) is 10.1. The van der Waals surface area contributed by atoms with Crippen molar-refractivity contribution >= 4 is 5.97 Å². The van der Waals surface area contributed by atoms with Gasteiger partial charge in [0.1, 0.15) is 0 Å². The Labute approximate surface area is 125 Å². The van der Waals surface area contributed by atoms with E-state index < -0.39 is 12.1 Å². The van der Waals surface area contributed by atoms with Gasteiger partial charge in [0.15, 0.2) is 17.6 Å². The van der Waals surface area contributed by atoms with Crippen LogP contribution in [0.5, 0.6) is 11.5 Å². The summed E-state index contributed by atoms with van der Waals surface area (Å²) >= 11 is 0. The van der Waals surface area contributed by atoms with Gasteiger partial charge in [0, 0.05) is 25.8 Å². The Morgan fingerprint density at radius 3 is 2.67 bits per heavy atom. The van der Waals surface area contributed by atoms with E-state index in [4.69, 9.17) is 14.2 Å². The van der Waals surface area contributed by atoms with Crippen LogP contribution < -0.4 is 14.8 Å². The second-order valence-corrected chi connectivity index (χ2v) is 4.40. The van der Waals surface area contributed by atoms with Gasteiger partial charge >= 0.3 is 5.97 Å². The normalized spacial score (nSPS) is 11.8. The lowest BCUT2D eigenvalue weighted by atomic mass is 10.1. The highest BCUT2D eigenvalue weighted by molar-refractivity contribution is 5.74. The minimum absolute atomic E-state index is 0.431. The minimum atomic E-state index is -0.705. The number of rotatable bonds is 9. The van der Waals surface area contributed by atoms with Crippen molar-refractivity contribution < 1.29 is 23.7 Å². The van der Waals surface area contributed by atoms with Gasteiger partial charge in [-0.2, -0.15) is 0 Å². The van der Waals surface area contributed by atoms with Gasteiger partial charge in [0.05, 0.1) is 20.8 Å². The summed E-state index contributed by atoms with van der Waals surface area (Å²) in [5, 5.41) is 3.23. The molecule has 6 nitrogen and oxygen atoms in total. The van der Waals surface area contributed by atoms with E-state index in [2.05, 4.69) is 10.1 Å². The summed E-state index contributed by atoms with van der Waals surface area (Å²) in [5.74, 6) is 0.693. The fourth-order valence-corrected chi connectivity index (χ4v) is 1.78. The third kappa shape index (κ3) is 5.24. The summed E-state index contributed by atoms with van der Waals surface area (Å²) < 4.78 is 20.7. The van der Waals surface area contributed by atoms with E-state index in [1.165, 1.54) is 7.11 Å². The predicted octanol–water partition coefficient (Wildman–Crippen LogP) is 1.37. The van der Waals surface area contributed by atoms with Gasteiger partial charge in [-0.05, 0) is 13.0 Å². The van der Waals surface area contributed by atoms with Crippen LogP contribution in [0.15, 0.2) is 18.2 Å². The van der Waals surface area contributed by atoms with Crippen molar-refractivity contribution in [2.45, 2.75) is 19.6 Å². The van der Waals surface area contributed by atoms with Gasteiger partial charge < -0.3 is 24.3 Å². The molecule has 0 aliphatic heterocycles. The smallest absolute Gasteiger partial charge is 0.346 e. The van der Waals surface area contributed by atoms with Crippen molar-refractivity contribution in [1.82, 2.24) is 5.32 Å². The molecule has 1 N–H and O–H groups in total. The number of hydrogen-bond donors (Lipinski definition) is 1. The lowest BCUT2D eigenvalue weighted by Crippen LogP contribution is -2.26. The molecule has 0 bridgehead atoms. The lowest BCUT2D eigenvalue weighted by Gasteiger charge is -2.18. The standard InChI is InChI=1S/C15H23NO5/c1-11(15(17)20-4)21-14-12(10-16-8-9-18-2)6-5-7-13(14)19-3/h5-7,11,16H,8-10H2,1-4H3. The molecule has 1 aromatic rings. The van der Waals surface area contributed by atoms with Crippen LogP contribution in [-0.2, 0) is 20.8 Å². The molecule has 0 spiro atoms. The van der Waals surface area contributed by atoms with Crippen molar-refractivity contribution in [2.75, 3.05) is 34.5 Å². The number of esters is 1. The fraction of sp³-hybridized carbons (Fsp3) is 0.533. The molecule has 0 aliphatic rings. The number of carbonyl (C=O) groups is 1.